The summed E-state index contributed by atoms with van der Waals surface area (Å²) in [6.45, 7) is 8.57. The van der Waals surface area contributed by atoms with E-state index < -0.39 is 0 Å². The van der Waals surface area contributed by atoms with E-state index in [1.807, 2.05) is 31.2 Å². The molecular formula is C22H31N3O2S. The van der Waals surface area contributed by atoms with Crippen molar-refractivity contribution >= 4 is 28.6 Å². The fraction of sp³-hybridized carbons (Fsp3) is 0.591. The van der Waals surface area contributed by atoms with E-state index in [-0.39, 0.29) is 29.3 Å². The molecule has 152 valence electrons. The summed E-state index contributed by atoms with van der Waals surface area (Å²) >= 11 is 1.36. The highest BCUT2D eigenvalue weighted by Gasteiger charge is 2.28. The number of benzene rings is 1. The van der Waals surface area contributed by atoms with Gasteiger partial charge in [0.2, 0.25) is 5.91 Å². The van der Waals surface area contributed by atoms with Gasteiger partial charge in [-0.2, -0.15) is 0 Å². The topological polar surface area (TPSA) is 64.0 Å². The number of aromatic nitrogens is 2. The molecule has 4 atom stereocenters. The number of hydrogen-bond acceptors (Lipinski definition) is 4. The van der Waals surface area contributed by atoms with Crippen molar-refractivity contribution in [2.24, 2.45) is 11.8 Å². The molecule has 1 aromatic carbocycles. The number of thioether (sulfide) groups is 1. The van der Waals surface area contributed by atoms with Gasteiger partial charge in [0.15, 0.2) is 5.16 Å². The Balaban J connectivity index is 1.78. The first-order chi connectivity index (χ1) is 13.4. The van der Waals surface area contributed by atoms with Crippen LogP contribution in [0.4, 0.5) is 0 Å². The average Bonchev–Trinajstić information content (AvgIpc) is 2.69. The molecular weight excluding hydrogens is 370 g/mol. The molecule has 1 heterocycles. The van der Waals surface area contributed by atoms with Crippen molar-refractivity contribution in [2.75, 3.05) is 5.75 Å². The van der Waals surface area contributed by atoms with Gasteiger partial charge >= 0.3 is 0 Å². The maximum absolute atomic E-state index is 13.0. The number of fused-ring (bicyclic) bond motifs is 1. The van der Waals surface area contributed by atoms with Crippen molar-refractivity contribution in [3.8, 4) is 0 Å². The minimum Gasteiger partial charge on any atom is -0.352 e. The van der Waals surface area contributed by atoms with Crippen LogP contribution in [0.2, 0.25) is 0 Å². The number of amides is 1. The molecule has 0 bridgehead atoms. The van der Waals surface area contributed by atoms with Crippen LogP contribution in [-0.2, 0) is 4.79 Å². The average molecular weight is 402 g/mol. The van der Waals surface area contributed by atoms with Crippen LogP contribution in [-0.4, -0.2) is 27.3 Å². The van der Waals surface area contributed by atoms with Crippen LogP contribution >= 0.6 is 11.8 Å². The first-order valence-electron chi connectivity index (χ1n) is 10.4. The van der Waals surface area contributed by atoms with Crippen LogP contribution in [0, 0.1) is 11.8 Å². The lowest BCUT2D eigenvalue weighted by Crippen LogP contribution is -2.44. The van der Waals surface area contributed by atoms with Gasteiger partial charge in [0.05, 0.1) is 16.7 Å². The molecule has 1 aromatic heterocycles. The number of hydrogen-bond donors (Lipinski definition) is 1. The van der Waals surface area contributed by atoms with Crippen LogP contribution < -0.4 is 10.9 Å². The maximum atomic E-state index is 13.0. The van der Waals surface area contributed by atoms with E-state index in [9.17, 15) is 9.59 Å². The SMILES string of the molecule is CC[C@H](C)n1c(SCC(=O)N[C@@H]2CCC[C@H](C)[C@@H]2C)nc2ccccc2c1=O. The highest BCUT2D eigenvalue weighted by Crippen LogP contribution is 2.29. The number of nitrogens with one attached hydrogen (secondary N) is 1. The van der Waals surface area contributed by atoms with Gasteiger partial charge in [-0.1, -0.05) is 57.5 Å². The molecule has 1 N–H and O–H groups in total. The van der Waals surface area contributed by atoms with Gasteiger partial charge < -0.3 is 5.32 Å². The van der Waals surface area contributed by atoms with Crippen LogP contribution in [0.3, 0.4) is 0 Å². The largest absolute Gasteiger partial charge is 0.352 e. The summed E-state index contributed by atoms with van der Waals surface area (Å²) in [7, 11) is 0. The third kappa shape index (κ3) is 4.43. The second kappa shape index (κ2) is 9.12. The van der Waals surface area contributed by atoms with Crippen molar-refractivity contribution < 1.29 is 4.79 Å². The summed E-state index contributed by atoms with van der Waals surface area (Å²) in [6, 6.07) is 7.70. The van der Waals surface area contributed by atoms with Gasteiger partial charge in [-0.25, -0.2) is 4.98 Å². The smallest absolute Gasteiger partial charge is 0.262 e. The Hall–Kier alpha value is -1.82. The van der Waals surface area contributed by atoms with Gasteiger partial charge in [0.25, 0.3) is 5.56 Å². The molecule has 0 aliphatic heterocycles. The molecule has 1 aliphatic rings. The molecule has 3 rings (SSSR count). The Bertz CT molecular complexity index is 895. The van der Waals surface area contributed by atoms with Crippen molar-refractivity contribution in [1.82, 2.24) is 14.9 Å². The van der Waals surface area contributed by atoms with Crippen LogP contribution in [0.15, 0.2) is 34.2 Å². The second-order valence-electron chi connectivity index (χ2n) is 8.07. The number of carbonyl (C=O) groups is 1. The zero-order valence-electron chi connectivity index (χ0n) is 17.3. The lowest BCUT2D eigenvalue weighted by atomic mass is 9.78. The highest BCUT2D eigenvalue weighted by molar-refractivity contribution is 7.99. The summed E-state index contributed by atoms with van der Waals surface area (Å²) in [5.41, 5.74) is 0.655. The number of nitrogens with zero attached hydrogens (tertiary/aromatic N) is 2. The lowest BCUT2D eigenvalue weighted by molar-refractivity contribution is -0.120. The molecule has 1 amide bonds. The zero-order chi connectivity index (χ0) is 20.3. The molecule has 0 radical (unpaired) electrons. The third-order valence-corrected chi connectivity index (χ3v) is 7.15. The fourth-order valence-corrected chi connectivity index (χ4v) is 4.87. The molecule has 1 saturated carbocycles. The predicted octanol–water partition coefficient (Wildman–Crippen LogP) is 4.40. The van der Waals surface area contributed by atoms with Gasteiger partial charge in [-0.05, 0) is 43.7 Å². The lowest BCUT2D eigenvalue weighted by Gasteiger charge is -2.34. The van der Waals surface area contributed by atoms with Crippen molar-refractivity contribution in [3.63, 3.8) is 0 Å². The molecule has 0 spiro atoms. The maximum Gasteiger partial charge on any atom is 0.262 e. The normalized spacial score (nSPS) is 23.5. The van der Waals surface area contributed by atoms with E-state index in [4.69, 9.17) is 4.98 Å². The standard InChI is InChI=1S/C22H31N3O2S/c1-5-15(3)25-21(27)17-10-6-7-11-19(17)24-22(25)28-13-20(26)23-18-12-8-9-14(2)16(18)4/h6-7,10-11,14-16,18H,5,8-9,12-13H2,1-4H3,(H,23,26)/t14-,15-,16-,18+/m0/s1. The van der Waals surface area contributed by atoms with Crippen LogP contribution in [0.1, 0.15) is 59.4 Å². The zero-order valence-corrected chi connectivity index (χ0v) is 18.1. The van der Waals surface area contributed by atoms with E-state index in [0.717, 1.165) is 12.8 Å². The molecule has 0 unspecified atom stereocenters. The van der Waals surface area contributed by atoms with Gasteiger partial charge in [-0.3, -0.25) is 14.2 Å². The molecule has 5 nitrogen and oxygen atoms in total. The monoisotopic (exact) mass is 401 g/mol. The quantitative estimate of drug-likeness (QED) is 0.576. The van der Waals surface area contributed by atoms with Crippen LogP contribution in [0.25, 0.3) is 10.9 Å². The van der Waals surface area contributed by atoms with Gasteiger partial charge in [-0.15, -0.1) is 0 Å². The second-order valence-corrected chi connectivity index (χ2v) is 9.02. The third-order valence-electron chi connectivity index (χ3n) is 6.19. The Labute approximate surface area is 171 Å². The van der Waals surface area contributed by atoms with E-state index in [1.54, 1.807) is 4.57 Å². The Morgan fingerprint density at radius 3 is 2.82 bits per heavy atom. The molecule has 1 fully saturated rings. The molecule has 6 heteroatoms. The first kappa shape index (κ1) is 20.9. The molecule has 28 heavy (non-hydrogen) atoms. The Kier molecular flexibility index (Phi) is 6.81. The van der Waals surface area contributed by atoms with Crippen molar-refractivity contribution in [3.05, 3.63) is 34.6 Å². The van der Waals surface area contributed by atoms with Crippen LogP contribution in [0.5, 0.6) is 0 Å². The number of carbonyl (C=O) groups excluding carboxylic acids is 1. The van der Waals surface area contributed by atoms with E-state index >= 15 is 0 Å². The van der Waals surface area contributed by atoms with E-state index in [0.29, 0.717) is 27.9 Å². The summed E-state index contributed by atoms with van der Waals surface area (Å²) in [5, 5.41) is 4.46. The summed E-state index contributed by atoms with van der Waals surface area (Å²) < 4.78 is 1.74. The van der Waals surface area contributed by atoms with Crippen molar-refractivity contribution in [1.29, 1.82) is 0 Å². The fourth-order valence-electron chi connectivity index (χ4n) is 3.96. The molecule has 0 saturated heterocycles. The molecule has 2 aromatic rings. The minimum atomic E-state index is -0.0300. The Morgan fingerprint density at radius 1 is 1.32 bits per heavy atom. The predicted molar refractivity (Wildman–Crippen MR) is 116 cm³/mol. The first-order valence-corrected chi connectivity index (χ1v) is 11.3. The van der Waals surface area contributed by atoms with Gasteiger partial charge in [0, 0.05) is 12.1 Å². The Morgan fingerprint density at radius 2 is 2.07 bits per heavy atom. The highest BCUT2D eigenvalue weighted by atomic mass is 32.2. The minimum absolute atomic E-state index is 0.0223. The van der Waals surface area contributed by atoms with Crippen molar-refractivity contribution in [2.45, 2.75) is 70.6 Å². The van der Waals surface area contributed by atoms with E-state index in [2.05, 4.69) is 26.1 Å². The van der Waals surface area contributed by atoms with E-state index in [1.165, 1.54) is 24.6 Å². The van der Waals surface area contributed by atoms with Gasteiger partial charge in [0.1, 0.15) is 0 Å². The number of para-hydroxylation sites is 1. The molecule has 1 aliphatic carbocycles. The number of rotatable bonds is 6. The summed E-state index contributed by atoms with van der Waals surface area (Å²) in [6.07, 6.45) is 4.29. The summed E-state index contributed by atoms with van der Waals surface area (Å²) in [4.78, 5) is 30.3. The summed E-state index contributed by atoms with van der Waals surface area (Å²) in [5.74, 6) is 1.44.